The summed E-state index contributed by atoms with van der Waals surface area (Å²) >= 11 is 0. The summed E-state index contributed by atoms with van der Waals surface area (Å²) < 4.78 is 0. The molecule has 140 valence electrons. The van der Waals surface area contributed by atoms with Crippen molar-refractivity contribution in [2.24, 2.45) is 17.8 Å². The molecule has 0 heteroatoms. The van der Waals surface area contributed by atoms with E-state index < -0.39 is 0 Å². The van der Waals surface area contributed by atoms with Crippen molar-refractivity contribution in [1.82, 2.24) is 0 Å². The van der Waals surface area contributed by atoms with E-state index in [0.29, 0.717) is 0 Å². The molecule has 0 bridgehead atoms. The van der Waals surface area contributed by atoms with Crippen molar-refractivity contribution < 1.29 is 0 Å². The van der Waals surface area contributed by atoms with Crippen molar-refractivity contribution in [2.75, 3.05) is 0 Å². The third-order valence-electron chi connectivity index (χ3n) is 7.06. The van der Waals surface area contributed by atoms with Crippen LogP contribution in [0.25, 0.3) is 0 Å². The minimum atomic E-state index is 0.843. The Morgan fingerprint density at radius 2 is 1.48 bits per heavy atom. The standard InChI is InChI=1S/C25H40/c1-3-5-6-8-20-9-13-24(14-10-20)25-15-11-21(12-16-25)17-23-18-22(19-23)7-4-2/h9-10,13-14,21-23,25H,3-8,11-12,15-19H2,1-2H3. The summed E-state index contributed by atoms with van der Waals surface area (Å²) in [6.45, 7) is 4.63. The molecule has 0 nitrogen and oxygen atoms in total. The monoisotopic (exact) mass is 340 g/mol. The molecule has 2 aliphatic rings. The van der Waals surface area contributed by atoms with E-state index in [0.717, 1.165) is 23.7 Å². The highest BCUT2D eigenvalue weighted by molar-refractivity contribution is 5.26. The first-order chi connectivity index (χ1) is 12.3. The van der Waals surface area contributed by atoms with Gasteiger partial charge in [-0.15, -0.1) is 0 Å². The first kappa shape index (κ1) is 19.0. The molecule has 0 aliphatic heterocycles. The topological polar surface area (TPSA) is 0 Å². The van der Waals surface area contributed by atoms with Gasteiger partial charge in [0.15, 0.2) is 0 Å². The molecule has 2 aliphatic carbocycles. The predicted molar refractivity (Wildman–Crippen MR) is 110 cm³/mol. The Bertz CT molecular complexity index is 471. The van der Waals surface area contributed by atoms with Crippen molar-refractivity contribution in [3.05, 3.63) is 35.4 Å². The molecule has 0 spiro atoms. The van der Waals surface area contributed by atoms with E-state index in [-0.39, 0.29) is 0 Å². The van der Waals surface area contributed by atoms with Gasteiger partial charge in [0.05, 0.1) is 0 Å². The van der Waals surface area contributed by atoms with Crippen molar-refractivity contribution in [2.45, 2.75) is 103 Å². The van der Waals surface area contributed by atoms with E-state index in [1.165, 1.54) is 69.8 Å². The lowest BCUT2D eigenvalue weighted by Crippen LogP contribution is -2.27. The molecule has 0 aromatic heterocycles. The van der Waals surface area contributed by atoms with E-state index in [1.54, 1.807) is 24.8 Å². The normalized spacial score (nSPS) is 29.4. The Balaban J connectivity index is 1.37. The van der Waals surface area contributed by atoms with E-state index in [4.69, 9.17) is 0 Å². The minimum absolute atomic E-state index is 0.843. The summed E-state index contributed by atoms with van der Waals surface area (Å²) in [4.78, 5) is 0. The fourth-order valence-electron chi connectivity index (χ4n) is 5.45. The summed E-state index contributed by atoms with van der Waals surface area (Å²) in [7, 11) is 0. The Morgan fingerprint density at radius 1 is 0.760 bits per heavy atom. The summed E-state index contributed by atoms with van der Waals surface area (Å²) in [5, 5.41) is 0. The molecular weight excluding hydrogens is 300 g/mol. The van der Waals surface area contributed by atoms with Crippen molar-refractivity contribution in [3.8, 4) is 0 Å². The Hall–Kier alpha value is -0.780. The van der Waals surface area contributed by atoms with Crippen LogP contribution in [0.4, 0.5) is 0 Å². The number of aryl methyl sites for hydroxylation is 1. The molecule has 0 N–H and O–H groups in total. The zero-order chi connectivity index (χ0) is 17.5. The van der Waals surface area contributed by atoms with Crippen molar-refractivity contribution in [1.29, 1.82) is 0 Å². The van der Waals surface area contributed by atoms with E-state index in [2.05, 4.69) is 38.1 Å². The highest BCUT2D eigenvalue weighted by Gasteiger charge is 2.31. The maximum Gasteiger partial charge on any atom is -0.0162 e. The third kappa shape index (κ3) is 5.60. The molecule has 0 heterocycles. The van der Waals surface area contributed by atoms with Crippen LogP contribution in [0, 0.1) is 17.8 Å². The van der Waals surface area contributed by atoms with Crippen molar-refractivity contribution in [3.63, 3.8) is 0 Å². The fourth-order valence-corrected chi connectivity index (χ4v) is 5.45. The van der Waals surface area contributed by atoms with Gasteiger partial charge < -0.3 is 0 Å². The van der Waals surface area contributed by atoms with Gasteiger partial charge >= 0.3 is 0 Å². The van der Waals surface area contributed by atoms with E-state index in [9.17, 15) is 0 Å². The predicted octanol–water partition coefficient (Wildman–Crippen LogP) is 7.91. The van der Waals surface area contributed by atoms with E-state index >= 15 is 0 Å². The van der Waals surface area contributed by atoms with Gasteiger partial charge in [0.25, 0.3) is 0 Å². The largest absolute Gasteiger partial charge is 0.0654 e. The average molecular weight is 341 g/mol. The van der Waals surface area contributed by atoms with Gasteiger partial charge in [-0.1, -0.05) is 63.8 Å². The molecule has 0 atom stereocenters. The Morgan fingerprint density at radius 3 is 2.12 bits per heavy atom. The second kappa shape index (κ2) is 9.79. The summed E-state index contributed by atoms with van der Waals surface area (Å²) in [5.74, 6) is 4.05. The highest BCUT2D eigenvalue weighted by Crippen LogP contribution is 2.45. The second-order valence-electron chi connectivity index (χ2n) is 9.14. The van der Waals surface area contributed by atoms with Crippen LogP contribution in [0.5, 0.6) is 0 Å². The lowest BCUT2D eigenvalue weighted by molar-refractivity contribution is 0.133. The van der Waals surface area contributed by atoms with Crippen LogP contribution in [0.1, 0.15) is 108 Å². The number of hydrogen-bond acceptors (Lipinski definition) is 0. The van der Waals surface area contributed by atoms with Crippen LogP contribution in [0.15, 0.2) is 24.3 Å². The summed E-state index contributed by atoms with van der Waals surface area (Å²) in [5.41, 5.74) is 3.15. The molecule has 3 rings (SSSR count). The zero-order valence-electron chi connectivity index (χ0n) is 16.8. The smallest absolute Gasteiger partial charge is 0.0162 e. The maximum absolute atomic E-state index is 2.44. The molecule has 1 aromatic carbocycles. The molecule has 0 unspecified atom stereocenters. The Labute approximate surface area is 156 Å². The van der Waals surface area contributed by atoms with Crippen molar-refractivity contribution >= 4 is 0 Å². The van der Waals surface area contributed by atoms with Gasteiger partial charge in [-0.25, -0.2) is 0 Å². The van der Waals surface area contributed by atoms with Gasteiger partial charge in [0, 0.05) is 0 Å². The van der Waals surface area contributed by atoms with Gasteiger partial charge in [-0.3, -0.25) is 0 Å². The zero-order valence-corrected chi connectivity index (χ0v) is 16.8. The van der Waals surface area contributed by atoms with Crippen LogP contribution in [0.3, 0.4) is 0 Å². The number of unbranched alkanes of at least 4 members (excludes halogenated alkanes) is 2. The van der Waals surface area contributed by atoms with Gasteiger partial charge in [-0.05, 0) is 92.6 Å². The Kier molecular flexibility index (Phi) is 7.44. The van der Waals surface area contributed by atoms with Crippen LogP contribution in [-0.2, 0) is 6.42 Å². The van der Waals surface area contributed by atoms with Crippen LogP contribution >= 0.6 is 0 Å². The van der Waals surface area contributed by atoms with Crippen LogP contribution < -0.4 is 0 Å². The lowest BCUT2D eigenvalue weighted by Gasteiger charge is -2.39. The molecule has 0 amide bonds. The fraction of sp³-hybridized carbons (Fsp3) is 0.760. The SMILES string of the molecule is CCCCCc1ccc(C2CCC(CC3CC(CCC)C3)CC2)cc1. The van der Waals surface area contributed by atoms with Crippen LogP contribution in [-0.4, -0.2) is 0 Å². The quantitative estimate of drug-likeness (QED) is 0.401. The second-order valence-corrected chi connectivity index (χ2v) is 9.14. The molecule has 2 saturated carbocycles. The first-order valence-corrected chi connectivity index (χ1v) is 11.4. The first-order valence-electron chi connectivity index (χ1n) is 11.4. The van der Waals surface area contributed by atoms with Gasteiger partial charge in [0.1, 0.15) is 0 Å². The van der Waals surface area contributed by atoms with Crippen LogP contribution in [0.2, 0.25) is 0 Å². The molecule has 0 saturated heterocycles. The minimum Gasteiger partial charge on any atom is -0.0654 e. The molecule has 1 aromatic rings. The lowest BCUT2D eigenvalue weighted by atomic mass is 9.67. The third-order valence-corrected chi connectivity index (χ3v) is 7.06. The summed E-state index contributed by atoms with van der Waals surface area (Å²) in [6.07, 6.45) is 18.7. The maximum atomic E-state index is 2.44. The molecule has 2 fully saturated rings. The number of hydrogen-bond donors (Lipinski definition) is 0. The van der Waals surface area contributed by atoms with Gasteiger partial charge in [0.2, 0.25) is 0 Å². The van der Waals surface area contributed by atoms with E-state index in [1.807, 2.05) is 0 Å². The highest BCUT2D eigenvalue weighted by atomic mass is 14.4. The molecule has 0 radical (unpaired) electrons. The summed E-state index contributed by atoms with van der Waals surface area (Å²) in [6, 6.07) is 9.68. The van der Waals surface area contributed by atoms with Gasteiger partial charge in [-0.2, -0.15) is 0 Å². The molecule has 25 heavy (non-hydrogen) atoms. The number of rotatable bonds is 9. The number of benzene rings is 1. The molecular formula is C25H40. The average Bonchev–Trinajstić information content (AvgIpc) is 2.61.